The highest BCUT2D eigenvalue weighted by molar-refractivity contribution is 5.94. The van der Waals surface area contributed by atoms with Crippen LogP contribution in [0.15, 0.2) is 36.0 Å². The molecule has 0 saturated heterocycles. The zero-order valence-electron chi connectivity index (χ0n) is 9.44. The van der Waals surface area contributed by atoms with E-state index in [2.05, 4.69) is 6.58 Å². The average Bonchev–Trinajstić information content (AvgIpc) is 2.26. The molecule has 0 saturated carbocycles. The fourth-order valence-electron chi connectivity index (χ4n) is 1.57. The fourth-order valence-corrected chi connectivity index (χ4v) is 1.57. The molecule has 1 aliphatic heterocycles. The molecular formula is C13H16O3. The van der Waals surface area contributed by atoms with Crippen molar-refractivity contribution in [1.29, 1.82) is 0 Å². The molecule has 0 aromatic rings. The largest absolute Gasteiger partial charge is 0.459 e. The van der Waals surface area contributed by atoms with Crippen molar-refractivity contribution >= 4 is 12.3 Å². The van der Waals surface area contributed by atoms with Gasteiger partial charge in [0.2, 0.25) is 0 Å². The Hall–Kier alpha value is -1.64. The van der Waals surface area contributed by atoms with Crippen molar-refractivity contribution in [3.05, 3.63) is 36.0 Å². The third-order valence-electron chi connectivity index (χ3n) is 2.36. The summed E-state index contributed by atoms with van der Waals surface area (Å²) in [6, 6.07) is 0. The SMILES string of the molecule is C=CC1=C(/C=C\CCC=O)C(=O)OC(C)C1. The summed E-state index contributed by atoms with van der Waals surface area (Å²) < 4.78 is 5.12. The molecule has 1 unspecified atom stereocenters. The molecule has 0 amide bonds. The van der Waals surface area contributed by atoms with Crippen LogP contribution < -0.4 is 0 Å². The first-order valence-electron chi connectivity index (χ1n) is 5.35. The van der Waals surface area contributed by atoms with Crippen LogP contribution in [0.25, 0.3) is 0 Å². The van der Waals surface area contributed by atoms with Gasteiger partial charge in [0.15, 0.2) is 0 Å². The molecule has 1 atom stereocenters. The third-order valence-corrected chi connectivity index (χ3v) is 2.36. The van der Waals surface area contributed by atoms with E-state index in [-0.39, 0.29) is 12.1 Å². The molecular weight excluding hydrogens is 204 g/mol. The van der Waals surface area contributed by atoms with Gasteiger partial charge in [0, 0.05) is 12.8 Å². The minimum Gasteiger partial charge on any atom is -0.459 e. The van der Waals surface area contributed by atoms with E-state index in [0.29, 0.717) is 24.8 Å². The van der Waals surface area contributed by atoms with Gasteiger partial charge in [-0.3, -0.25) is 0 Å². The number of esters is 1. The van der Waals surface area contributed by atoms with Gasteiger partial charge in [0.25, 0.3) is 0 Å². The van der Waals surface area contributed by atoms with Crippen molar-refractivity contribution in [1.82, 2.24) is 0 Å². The van der Waals surface area contributed by atoms with Crippen LogP contribution in [0.2, 0.25) is 0 Å². The van der Waals surface area contributed by atoms with E-state index in [1.807, 2.05) is 13.0 Å². The van der Waals surface area contributed by atoms with Gasteiger partial charge in [0.1, 0.15) is 12.4 Å². The van der Waals surface area contributed by atoms with E-state index < -0.39 is 0 Å². The Bertz CT molecular complexity index is 350. The number of cyclic esters (lactones) is 1. The summed E-state index contributed by atoms with van der Waals surface area (Å²) >= 11 is 0. The van der Waals surface area contributed by atoms with Crippen LogP contribution in [-0.4, -0.2) is 18.4 Å². The van der Waals surface area contributed by atoms with Gasteiger partial charge >= 0.3 is 5.97 Å². The predicted octanol–water partition coefficient (Wildman–Crippen LogP) is 2.34. The molecule has 0 aromatic heterocycles. The van der Waals surface area contributed by atoms with Crippen LogP contribution in [0.4, 0.5) is 0 Å². The maximum Gasteiger partial charge on any atom is 0.338 e. The first-order chi connectivity index (χ1) is 7.69. The molecule has 1 aliphatic rings. The smallest absolute Gasteiger partial charge is 0.338 e. The second-order valence-corrected chi connectivity index (χ2v) is 3.71. The molecule has 3 heteroatoms. The maximum absolute atomic E-state index is 11.6. The van der Waals surface area contributed by atoms with E-state index in [1.54, 1.807) is 12.2 Å². The third kappa shape index (κ3) is 3.19. The minimum atomic E-state index is -0.309. The number of hydrogen-bond donors (Lipinski definition) is 0. The Balaban J connectivity index is 2.80. The number of allylic oxidation sites excluding steroid dienone is 2. The van der Waals surface area contributed by atoms with Crippen LogP contribution in [0.3, 0.4) is 0 Å². The van der Waals surface area contributed by atoms with Gasteiger partial charge in [0.05, 0.1) is 5.57 Å². The van der Waals surface area contributed by atoms with Crippen molar-refractivity contribution < 1.29 is 14.3 Å². The van der Waals surface area contributed by atoms with Gasteiger partial charge in [-0.05, 0) is 18.9 Å². The van der Waals surface area contributed by atoms with Crippen molar-refractivity contribution in [3.63, 3.8) is 0 Å². The number of rotatable bonds is 5. The van der Waals surface area contributed by atoms with E-state index in [4.69, 9.17) is 4.74 Å². The van der Waals surface area contributed by atoms with Gasteiger partial charge in [-0.2, -0.15) is 0 Å². The second-order valence-electron chi connectivity index (χ2n) is 3.71. The molecule has 0 spiro atoms. The normalized spacial score (nSPS) is 21.1. The summed E-state index contributed by atoms with van der Waals surface area (Å²) in [6.45, 7) is 5.55. The number of ether oxygens (including phenoxy) is 1. The predicted molar refractivity (Wildman–Crippen MR) is 61.8 cm³/mol. The van der Waals surface area contributed by atoms with Crippen LogP contribution in [-0.2, 0) is 14.3 Å². The van der Waals surface area contributed by atoms with E-state index in [1.165, 1.54) is 0 Å². The highest BCUT2D eigenvalue weighted by Crippen LogP contribution is 2.23. The van der Waals surface area contributed by atoms with E-state index in [9.17, 15) is 9.59 Å². The zero-order chi connectivity index (χ0) is 12.0. The molecule has 1 rings (SSSR count). The molecule has 0 aromatic carbocycles. The lowest BCUT2D eigenvalue weighted by Gasteiger charge is -2.21. The number of aldehydes is 1. The minimum absolute atomic E-state index is 0.0902. The quantitative estimate of drug-likeness (QED) is 0.406. The molecule has 86 valence electrons. The lowest BCUT2D eigenvalue weighted by Crippen LogP contribution is -2.23. The Kier molecular flexibility index (Phi) is 4.70. The molecule has 0 bridgehead atoms. The first kappa shape index (κ1) is 12.4. The zero-order valence-corrected chi connectivity index (χ0v) is 9.44. The maximum atomic E-state index is 11.6. The summed E-state index contributed by atoms with van der Waals surface area (Å²) in [5, 5.41) is 0. The van der Waals surface area contributed by atoms with Crippen LogP contribution in [0.5, 0.6) is 0 Å². The second kappa shape index (κ2) is 6.05. The lowest BCUT2D eigenvalue weighted by atomic mass is 9.99. The highest BCUT2D eigenvalue weighted by Gasteiger charge is 2.22. The monoisotopic (exact) mass is 220 g/mol. The summed E-state index contributed by atoms with van der Waals surface area (Å²) in [7, 11) is 0. The Morgan fingerprint density at radius 3 is 2.88 bits per heavy atom. The Morgan fingerprint density at radius 1 is 1.50 bits per heavy atom. The van der Waals surface area contributed by atoms with E-state index in [0.717, 1.165) is 11.9 Å². The Morgan fingerprint density at radius 2 is 2.25 bits per heavy atom. The summed E-state index contributed by atoms with van der Waals surface area (Å²) in [5.74, 6) is -0.309. The number of unbranched alkanes of at least 4 members (excludes halogenated alkanes) is 1. The number of hydrogen-bond acceptors (Lipinski definition) is 3. The highest BCUT2D eigenvalue weighted by atomic mass is 16.5. The van der Waals surface area contributed by atoms with Gasteiger partial charge in [-0.1, -0.05) is 24.8 Å². The van der Waals surface area contributed by atoms with Crippen molar-refractivity contribution in [3.8, 4) is 0 Å². The van der Waals surface area contributed by atoms with Gasteiger partial charge in [-0.25, -0.2) is 4.79 Å². The van der Waals surface area contributed by atoms with Gasteiger partial charge in [-0.15, -0.1) is 0 Å². The topological polar surface area (TPSA) is 43.4 Å². The fraction of sp³-hybridized carbons (Fsp3) is 0.385. The molecule has 0 aliphatic carbocycles. The van der Waals surface area contributed by atoms with Crippen LogP contribution in [0.1, 0.15) is 26.2 Å². The number of carbonyl (C=O) groups excluding carboxylic acids is 2. The Labute approximate surface area is 95.5 Å². The van der Waals surface area contributed by atoms with Crippen molar-refractivity contribution in [2.24, 2.45) is 0 Å². The van der Waals surface area contributed by atoms with Crippen molar-refractivity contribution in [2.45, 2.75) is 32.3 Å². The van der Waals surface area contributed by atoms with Crippen LogP contribution in [0, 0.1) is 0 Å². The number of carbonyl (C=O) groups is 2. The average molecular weight is 220 g/mol. The van der Waals surface area contributed by atoms with Crippen molar-refractivity contribution in [2.75, 3.05) is 0 Å². The summed E-state index contributed by atoms with van der Waals surface area (Å²) in [4.78, 5) is 21.7. The molecule has 0 N–H and O–H groups in total. The molecule has 1 heterocycles. The standard InChI is InChI=1S/C13H16O3/c1-3-11-9-10(2)16-13(15)12(11)7-5-4-6-8-14/h3,5,7-8,10H,1,4,6,9H2,2H3/b7-5-. The van der Waals surface area contributed by atoms with Gasteiger partial charge < -0.3 is 9.53 Å². The van der Waals surface area contributed by atoms with Crippen LogP contribution >= 0.6 is 0 Å². The molecule has 16 heavy (non-hydrogen) atoms. The molecule has 3 nitrogen and oxygen atoms in total. The molecule has 0 fully saturated rings. The lowest BCUT2D eigenvalue weighted by molar-refractivity contribution is -0.144. The summed E-state index contributed by atoms with van der Waals surface area (Å²) in [6.07, 6.45) is 7.79. The van der Waals surface area contributed by atoms with E-state index >= 15 is 0 Å². The summed E-state index contributed by atoms with van der Waals surface area (Å²) in [5.41, 5.74) is 1.46. The first-order valence-corrected chi connectivity index (χ1v) is 5.35. The molecule has 0 radical (unpaired) electrons.